The number of allylic oxidation sites excluding steroid dienone is 3. The topological polar surface area (TPSA) is 61.8 Å². The van der Waals surface area contributed by atoms with Crippen LogP contribution in [0.5, 0.6) is 11.5 Å². The first-order valence-electron chi connectivity index (χ1n) is 13.1. The van der Waals surface area contributed by atoms with Crippen molar-refractivity contribution in [2.75, 3.05) is 26.7 Å². The predicted octanol–water partition coefficient (Wildman–Crippen LogP) is 6.57. The molecule has 1 aliphatic carbocycles. The van der Waals surface area contributed by atoms with E-state index in [4.69, 9.17) is 4.74 Å². The lowest BCUT2D eigenvalue weighted by Gasteiger charge is -2.36. The molecular formula is C29H44N2O3. The summed E-state index contributed by atoms with van der Waals surface area (Å²) in [6, 6.07) is 3.82. The number of likely N-dealkylation sites (tertiary alicyclic amines) is 1. The first kappa shape index (κ1) is 26.3. The van der Waals surface area contributed by atoms with E-state index in [2.05, 4.69) is 50.7 Å². The summed E-state index contributed by atoms with van der Waals surface area (Å²) in [6.07, 6.45) is 10.0. The molecule has 2 aliphatic rings. The number of nitrogens with zero attached hydrogens (tertiary/aromatic N) is 1. The van der Waals surface area contributed by atoms with Crippen molar-refractivity contribution in [2.45, 2.75) is 78.1 Å². The molecule has 2 N–H and O–H groups in total. The summed E-state index contributed by atoms with van der Waals surface area (Å²) < 4.78 is 5.88. The van der Waals surface area contributed by atoms with Gasteiger partial charge in [0.05, 0.1) is 0 Å². The zero-order valence-corrected chi connectivity index (χ0v) is 21.7. The highest BCUT2D eigenvalue weighted by atomic mass is 16.6. The number of carbonyl (C=O) groups excluding carboxylic acids is 1. The van der Waals surface area contributed by atoms with Gasteiger partial charge < -0.3 is 20.1 Å². The number of nitrogens with one attached hydrogen (secondary N) is 1. The van der Waals surface area contributed by atoms with Gasteiger partial charge in [-0.15, -0.1) is 0 Å². The van der Waals surface area contributed by atoms with Crippen molar-refractivity contribution < 1.29 is 14.6 Å². The van der Waals surface area contributed by atoms with E-state index >= 15 is 0 Å². The van der Waals surface area contributed by atoms with E-state index in [0.29, 0.717) is 17.9 Å². The molecule has 0 radical (unpaired) electrons. The standard InChI is InChI=1S/C29H44N2O3/c1-6-7-8-10-22-16-26(32)28(25-15-21(4)12-13-24(25)20(2)3)27(17-22)34-29(33)30-14-9-11-23-18-31(5)19-23/h15-17,23-25,32H,2,6-14,18-19H2,1,3-5H3,(H,30,33)/t24-,25+/m0/s1. The van der Waals surface area contributed by atoms with Crippen molar-refractivity contribution in [1.29, 1.82) is 0 Å². The van der Waals surface area contributed by atoms with E-state index in [1.54, 1.807) is 0 Å². The Morgan fingerprint density at radius 3 is 2.71 bits per heavy atom. The molecule has 34 heavy (non-hydrogen) atoms. The Balaban J connectivity index is 1.76. The molecule has 5 heteroatoms. The van der Waals surface area contributed by atoms with E-state index in [0.717, 1.165) is 81.5 Å². The molecule has 1 amide bonds. The molecule has 2 atom stereocenters. The normalized spacial score (nSPS) is 21.0. The number of phenols is 1. The van der Waals surface area contributed by atoms with Gasteiger partial charge >= 0.3 is 6.09 Å². The summed E-state index contributed by atoms with van der Waals surface area (Å²) in [6.45, 7) is 13.5. The van der Waals surface area contributed by atoms with Gasteiger partial charge in [0.1, 0.15) is 11.5 Å². The minimum Gasteiger partial charge on any atom is -0.507 e. The van der Waals surface area contributed by atoms with Gasteiger partial charge in [0.2, 0.25) is 0 Å². The lowest BCUT2D eigenvalue weighted by Crippen LogP contribution is -2.43. The summed E-state index contributed by atoms with van der Waals surface area (Å²) in [5.41, 5.74) is 4.11. The maximum absolute atomic E-state index is 12.7. The first-order valence-corrected chi connectivity index (χ1v) is 13.1. The molecule has 1 heterocycles. The van der Waals surface area contributed by atoms with E-state index in [9.17, 15) is 9.90 Å². The maximum Gasteiger partial charge on any atom is 0.412 e. The SMILES string of the molecule is C=C(C)[C@@H]1CCC(C)=C[C@H]1c1c(O)cc(CCCCC)cc1OC(=O)NCCCC1CN(C)C1. The van der Waals surface area contributed by atoms with Crippen molar-refractivity contribution in [3.63, 3.8) is 0 Å². The summed E-state index contributed by atoms with van der Waals surface area (Å²) in [5, 5.41) is 14.1. The van der Waals surface area contributed by atoms with Gasteiger partial charge in [-0.3, -0.25) is 0 Å². The molecular weight excluding hydrogens is 424 g/mol. The lowest BCUT2D eigenvalue weighted by atomic mass is 9.73. The molecule has 188 valence electrons. The molecule has 0 spiro atoms. The number of benzene rings is 1. The smallest absolute Gasteiger partial charge is 0.412 e. The Kier molecular flexibility index (Phi) is 9.63. The van der Waals surface area contributed by atoms with Crippen LogP contribution < -0.4 is 10.1 Å². The van der Waals surface area contributed by atoms with Gasteiger partial charge in [-0.2, -0.15) is 0 Å². The van der Waals surface area contributed by atoms with Gasteiger partial charge in [0.15, 0.2) is 0 Å². The van der Waals surface area contributed by atoms with Crippen LogP contribution in [0.1, 0.15) is 82.8 Å². The molecule has 1 aromatic carbocycles. The van der Waals surface area contributed by atoms with Gasteiger partial charge in [0, 0.05) is 31.1 Å². The molecule has 0 saturated carbocycles. The quantitative estimate of drug-likeness (QED) is 0.285. The Bertz CT molecular complexity index is 886. The number of hydrogen-bond donors (Lipinski definition) is 2. The molecule has 1 aliphatic heterocycles. The highest BCUT2D eigenvalue weighted by Gasteiger charge is 2.31. The number of aromatic hydroxyl groups is 1. The molecule has 1 saturated heterocycles. The molecule has 1 aromatic rings. The second kappa shape index (κ2) is 12.4. The fourth-order valence-corrected chi connectivity index (χ4v) is 5.44. The van der Waals surface area contributed by atoms with Gasteiger partial charge in [-0.1, -0.05) is 43.6 Å². The van der Waals surface area contributed by atoms with Crippen LogP contribution in [0, 0.1) is 11.8 Å². The number of carbonyl (C=O) groups is 1. The summed E-state index contributed by atoms with van der Waals surface area (Å²) in [7, 11) is 2.14. The first-order chi connectivity index (χ1) is 16.3. The van der Waals surface area contributed by atoms with Gasteiger partial charge in [-0.25, -0.2) is 4.79 Å². The van der Waals surface area contributed by atoms with Crippen molar-refractivity contribution in [2.24, 2.45) is 11.8 Å². The summed E-state index contributed by atoms with van der Waals surface area (Å²) in [5.74, 6) is 1.60. The number of hydrogen-bond acceptors (Lipinski definition) is 4. The van der Waals surface area contributed by atoms with E-state index in [1.165, 1.54) is 5.57 Å². The summed E-state index contributed by atoms with van der Waals surface area (Å²) >= 11 is 0. The van der Waals surface area contributed by atoms with Crippen LogP contribution in [-0.4, -0.2) is 42.8 Å². The number of aryl methyl sites for hydroxylation is 1. The zero-order chi connectivity index (χ0) is 24.7. The number of ether oxygens (including phenoxy) is 1. The Morgan fingerprint density at radius 1 is 1.26 bits per heavy atom. The van der Waals surface area contributed by atoms with Crippen molar-refractivity contribution in [3.05, 3.63) is 47.1 Å². The third kappa shape index (κ3) is 7.11. The summed E-state index contributed by atoms with van der Waals surface area (Å²) in [4.78, 5) is 15.0. The monoisotopic (exact) mass is 468 g/mol. The van der Waals surface area contributed by atoms with Crippen LogP contribution in [0.15, 0.2) is 35.9 Å². The Morgan fingerprint density at radius 2 is 2.03 bits per heavy atom. The molecule has 0 bridgehead atoms. The largest absolute Gasteiger partial charge is 0.507 e. The average molecular weight is 469 g/mol. The van der Waals surface area contributed by atoms with Crippen LogP contribution in [0.25, 0.3) is 0 Å². The highest BCUT2D eigenvalue weighted by molar-refractivity contribution is 5.72. The predicted molar refractivity (Wildman–Crippen MR) is 140 cm³/mol. The lowest BCUT2D eigenvalue weighted by molar-refractivity contribution is 0.125. The number of phenolic OH excluding ortho intramolecular Hbond substituents is 1. The van der Waals surface area contributed by atoms with Crippen LogP contribution in [-0.2, 0) is 6.42 Å². The number of amides is 1. The molecule has 1 fully saturated rings. The zero-order valence-electron chi connectivity index (χ0n) is 21.7. The van der Waals surface area contributed by atoms with Crippen LogP contribution in [0.2, 0.25) is 0 Å². The van der Waals surface area contributed by atoms with Crippen LogP contribution >= 0.6 is 0 Å². The van der Waals surface area contributed by atoms with Gasteiger partial charge in [0.25, 0.3) is 0 Å². The minimum atomic E-state index is -0.444. The second-order valence-electron chi connectivity index (χ2n) is 10.6. The fraction of sp³-hybridized carbons (Fsp3) is 0.621. The average Bonchev–Trinajstić information content (AvgIpc) is 2.75. The van der Waals surface area contributed by atoms with Crippen molar-refractivity contribution in [1.82, 2.24) is 10.2 Å². The number of unbranched alkanes of at least 4 members (excludes halogenated alkanes) is 2. The third-order valence-corrected chi connectivity index (χ3v) is 7.36. The molecule has 5 nitrogen and oxygen atoms in total. The second-order valence-corrected chi connectivity index (χ2v) is 10.6. The Labute approximate surface area is 206 Å². The molecule has 0 aromatic heterocycles. The van der Waals surface area contributed by atoms with Crippen LogP contribution in [0.4, 0.5) is 4.79 Å². The fourth-order valence-electron chi connectivity index (χ4n) is 5.44. The molecule has 0 unspecified atom stereocenters. The van der Waals surface area contributed by atoms with E-state index in [1.807, 2.05) is 12.1 Å². The maximum atomic E-state index is 12.7. The van der Waals surface area contributed by atoms with Gasteiger partial charge in [-0.05, 0) is 89.0 Å². The van der Waals surface area contributed by atoms with Crippen molar-refractivity contribution in [3.8, 4) is 11.5 Å². The molecule has 3 rings (SSSR count). The van der Waals surface area contributed by atoms with E-state index in [-0.39, 0.29) is 17.6 Å². The number of rotatable bonds is 11. The van der Waals surface area contributed by atoms with Crippen LogP contribution in [0.3, 0.4) is 0 Å². The Hall–Kier alpha value is -2.27. The minimum absolute atomic E-state index is 0.0469. The third-order valence-electron chi connectivity index (χ3n) is 7.36. The van der Waals surface area contributed by atoms with Crippen molar-refractivity contribution >= 4 is 6.09 Å². The van der Waals surface area contributed by atoms with E-state index < -0.39 is 6.09 Å². The highest BCUT2D eigenvalue weighted by Crippen LogP contribution is 2.47.